The maximum atomic E-state index is 11.1. The third-order valence-corrected chi connectivity index (χ3v) is 5.42. The Balaban J connectivity index is 2.04. The van der Waals surface area contributed by atoms with Crippen LogP contribution in [0.25, 0.3) is 0 Å². The van der Waals surface area contributed by atoms with Gasteiger partial charge in [-0.1, -0.05) is 0 Å². The van der Waals surface area contributed by atoms with Crippen molar-refractivity contribution in [2.45, 2.75) is 38.2 Å². The lowest BCUT2D eigenvalue weighted by molar-refractivity contribution is 0.178. The molecule has 1 heterocycles. The summed E-state index contributed by atoms with van der Waals surface area (Å²) in [7, 11) is -2.98. The van der Waals surface area contributed by atoms with Crippen LogP contribution >= 0.6 is 11.3 Å². The van der Waals surface area contributed by atoms with Crippen molar-refractivity contribution in [3.63, 3.8) is 0 Å². The zero-order valence-corrected chi connectivity index (χ0v) is 11.6. The van der Waals surface area contributed by atoms with Crippen molar-refractivity contribution < 1.29 is 13.5 Å². The van der Waals surface area contributed by atoms with Gasteiger partial charge in [0.05, 0.1) is 11.9 Å². The van der Waals surface area contributed by atoms with Gasteiger partial charge in [0.2, 0.25) is 0 Å². The van der Waals surface area contributed by atoms with Crippen LogP contribution in [0.5, 0.6) is 0 Å². The number of thiophene rings is 1. The molecule has 1 aromatic heterocycles. The molecule has 1 aliphatic carbocycles. The van der Waals surface area contributed by atoms with Gasteiger partial charge in [-0.3, -0.25) is 0 Å². The Morgan fingerprint density at radius 3 is 2.76 bits per heavy atom. The first-order valence-electron chi connectivity index (χ1n) is 5.93. The average molecular weight is 274 g/mol. The van der Waals surface area contributed by atoms with Crippen LogP contribution in [0.15, 0.2) is 6.07 Å². The molecule has 0 aliphatic heterocycles. The van der Waals surface area contributed by atoms with Gasteiger partial charge in [0.25, 0.3) is 0 Å². The summed E-state index contributed by atoms with van der Waals surface area (Å²) in [4.78, 5) is 2.31. The van der Waals surface area contributed by atoms with E-state index in [4.69, 9.17) is 0 Å². The SMILES string of the molecule is CS(=O)(=O)CCC(O)c1cc2c(s1)CCCC2. The number of hydrogen-bond acceptors (Lipinski definition) is 4. The number of rotatable bonds is 4. The average Bonchev–Trinajstić information content (AvgIpc) is 2.68. The predicted octanol–water partition coefficient (Wildman–Crippen LogP) is 2.09. The van der Waals surface area contributed by atoms with Gasteiger partial charge in [-0.05, 0) is 43.7 Å². The van der Waals surface area contributed by atoms with Crippen LogP contribution in [0.3, 0.4) is 0 Å². The Morgan fingerprint density at radius 1 is 1.41 bits per heavy atom. The van der Waals surface area contributed by atoms with E-state index >= 15 is 0 Å². The van der Waals surface area contributed by atoms with Crippen molar-refractivity contribution in [1.29, 1.82) is 0 Å². The molecule has 0 aromatic carbocycles. The molecule has 0 radical (unpaired) electrons. The van der Waals surface area contributed by atoms with Crippen LogP contribution < -0.4 is 0 Å². The summed E-state index contributed by atoms with van der Waals surface area (Å²) in [5, 5.41) is 9.98. The van der Waals surface area contributed by atoms with E-state index in [1.165, 1.54) is 29.5 Å². The summed E-state index contributed by atoms with van der Waals surface area (Å²) in [6, 6.07) is 2.06. The minimum Gasteiger partial charge on any atom is -0.388 e. The number of aryl methyl sites for hydroxylation is 2. The van der Waals surface area contributed by atoms with Crippen molar-refractivity contribution in [3.05, 3.63) is 21.4 Å². The summed E-state index contributed by atoms with van der Waals surface area (Å²) in [5.74, 6) is 0.0523. The summed E-state index contributed by atoms with van der Waals surface area (Å²) in [5.41, 5.74) is 1.36. The molecule has 1 N–H and O–H groups in total. The second-order valence-electron chi connectivity index (χ2n) is 4.74. The number of aliphatic hydroxyl groups is 1. The lowest BCUT2D eigenvalue weighted by Gasteiger charge is -2.08. The molecule has 1 unspecified atom stereocenters. The van der Waals surface area contributed by atoms with E-state index in [-0.39, 0.29) is 5.75 Å². The Kier molecular flexibility index (Phi) is 3.90. The smallest absolute Gasteiger partial charge is 0.147 e. The Hall–Kier alpha value is -0.390. The van der Waals surface area contributed by atoms with E-state index in [0.717, 1.165) is 17.7 Å². The van der Waals surface area contributed by atoms with E-state index < -0.39 is 15.9 Å². The van der Waals surface area contributed by atoms with E-state index in [2.05, 4.69) is 6.07 Å². The zero-order valence-electron chi connectivity index (χ0n) is 9.98. The molecule has 0 amide bonds. The molecule has 2 rings (SSSR count). The third kappa shape index (κ3) is 3.53. The minimum atomic E-state index is -2.98. The first kappa shape index (κ1) is 13.1. The second-order valence-corrected chi connectivity index (χ2v) is 8.17. The fourth-order valence-corrected chi connectivity index (χ4v) is 4.08. The highest BCUT2D eigenvalue weighted by molar-refractivity contribution is 7.90. The second kappa shape index (κ2) is 5.08. The van der Waals surface area contributed by atoms with Gasteiger partial charge in [0.1, 0.15) is 9.84 Å². The molecule has 0 bridgehead atoms. The van der Waals surface area contributed by atoms with Gasteiger partial charge in [0, 0.05) is 16.0 Å². The molecular weight excluding hydrogens is 256 g/mol. The van der Waals surface area contributed by atoms with E-state index in [1.807, 2.05) is 0 Å². The first-order chi connectivity index (χ1) is 7.96. The quantitative estimate of drug-likeness (QED) is 0.914. The third-order valence-electron chi connectivity index (χ3n) is 3.11. The molecule has 3 nitrogen and oxygen atoms in total. The fraction of sp³-hybridized carbons (Fsp3) is 0.667. The number of hydrogen-bond donors (Lipinski definition) is 1. The number of fused-ring (bicyclic) bond motifs is 1. The van der Waals surface area contributed by atoms with Crippen molar-refractivity contribution in [3.8, 4) is 0 Å². The molecule has 0 saturated carbocycles. The maximum Gasteiger partial charge on any atom is 0.147 e. The van der Waals surface area contributed by atoms with Gasteiger partial charge in [0.15, 0.2) is 0 Å². The summed E-state index contributed by atoms with van der Waals surface area (Å²) < 4.78 is 22.1. The standard InChI is InChI=1S/C12H18O3S2/c1-17(14,15)7-6-10(13)12-8-9-4-2-3-5-11(9)16-12/h8,10,13H,2-7H2,1H3. The molecule has 0 saturated heterocycles. The van der Waals surface area contributed by atoms with E-state index in [9.17, 15) is 13.5 Å². The van der Waals surface area contributed by atoms with Crippen LogP contribution in [0.4, 0.5) is 0 Å². The molecule has 0 spiro atoms. The summed E-state index contributed by atoms with van der Waals surface area (Å²) >= 11 is 1.65. The molecule has 17 heavy (non-hydrogen) atoms. The van der Waals surface area contributed by atoms with Crippen molar-refractivity contribution in [1.82, 2.24) is 0 Å². The van der Waals surface area contributed by atoms with Crippen LogP contribution in [0, 0.1) is 0 Å². The highest BCUT2D eigenvalue weighted by atomic mass is 32.2. The van der Waals surface area contributed by atoms with Gasteiger partial charge < -0.3 is 5.11 Å². The fourth-order valence-electron chi connectivity index (χ4n) is 2.15. The lowest BCUT2D eigenvalue weighted by atomic mass is 9.99. The van der Waals surface area contributed by atoms with Crippen LogP contribution in [-0.2, 0) is 22.7 Å². The van der Waals surface area contributed by atoms with E-state index in [0.29, 0.717) is 6.42 Å². The monoisotopic (exact) mass is 274 g/mol. The first-order valence-corrected chi connectivity index (χ1v) is 8.81. The van der Waals surface area contributed by atoms with Crippen LogP contribution in [0.1, 0.15) is 40.7 Å². The minimum absolute atomic E-state index is 0.0523. The van der Waals surface area contributed by atoms with E-state index in [1.54, 1.807) is 11.3 Å². The molecule has 1 aliphatic rings. The largest absolute Gasteiger partial charge is 0.388 e. The number of aliphatic hydroxyl groups excluding tert-OH is 1. The van der Waals surface area contributed by atoms with Gasteiger partial charge in [-0.25, -0.2) is 8.42 Å². The van der Waals surface area contributed by atoms with Crippen molar-refractivity contribution >= 4 is 21.2 Å². The van der Waals surface area contributed by atoms with Crippen LogP contribution in [-0.4, -0.2) is 25.5 Å². The Morgan fingerprint density at radius 2 is 2.12 bits per heavy atom. The molecular formula is C12H18O3S2. The molecule has 5 heteroatoms. The van der Waals surface area contributed by atoms with Crippen LogP contribution in [0.2, 0.25) is 0 Å². The van der Waals surface area contributed by atoms with Gasteiger partial charge in [-0.15, -0.1) is 11.3 Å². The molecule has 96 valence electrons. The molecule has 0 fully saturated rings. The normalized spacial score (nSPS) is 17.8. The van der Waals surface area contributed by atoms with Crippen molar-refractivity contribution in [2.75, 3.05) is 12.0 Å². The maximum absolute atomic E-state index is 11.1. The Bertz CT molecular complexity index is 464. The van der Waals surface area contributed by atoms with Gasteiger partial charge >= 0.3 is 0 Å². The lowest BCUT2D eigenvalue weighted by Crippen LogP contribution is -2.07. The highest BCUT2D eigenvalue weighted by Gasteiger charge is 2.18. The number of sulfone groups is 1. The highest BCUT2D eigenvalue weighted by Crippen LogP contribution is 2.33. The molecule has 1 atom stereocenters. The zero-order chi connectivity index (χ0) is 12.5. The topological polar surface area (TPSA) is 54.4 Å². The van der Waals surface area contributed by atoms with Crippen molar-refractivity contribution in [2.24, 2.45) is 0 Å². The molecule has 1 aromatic rings. The van der Waals surface area contributed by atoms with Gasteiger partial charge in [-0.2, -0.15) is 0 Å². The Labute approximate surface area is 106 Å². The predicted molar refractivity (Wildman–Crippen MR) is 70.2 cm³/mol. The summed E-state index contributed by atoms with van der Waals surface area (Å²) in [6.45, 7) is 0. The summed E-state index contributed by atoms with van der Waals surface area (Å²) in [6.07, 6.45) is 5.55.